The van der Waals surface area contributed by atoms with Crippen LogP contribution in [0.25, 0.3) is 0 Å². The van der Waals surface area contributed by atoms with Gasteiger partial charge in [-0.3, -0.25) is 14.4 Å². The normalized spacial score (nSPS) is 40.3. The molecule has 23 atom stereocenters. The average Bonchev–Trinajstić information content (AvgIpc) is 3.40. The smallest absolute Gasteiger partial charge is 0.333 e. The lowest BCUT2D eigenvalue weighted by molar-refractivity contribution is -0.399. The van der Waals surface area contributed by atoms with E-state index in [1.165, 1.54) is 40.7 Å². The van der Waals surface area contributed by atoms with E-state index in [0.717, 1.165) is 51.4 Å². The SMILES string of the molecule is C/C=C(\C)C(=O)O[C@H]1[C@H](O)[C@@H](O)[C@H](O[C@@H]2[C@H]3OC(=O)CCCCCCCCC[C@H](CCCCC)O[C@@H]4O[C@H](C)[C@@H](O)[C@H](O)[C@H]4O[C@@H]4O[C@H](COC(=O)[C@H](C)[C@@H](C)O)[C@@H](O)[C@H](O)[C@H]4O[C@H](O[C@H]2C)[C@@H]3OC(=O)C(C)C)O[C@@H]1C. The summed E-state index contributed by atoms with van der Waals surface area (Å²) in [5.41, 5.74) is 0.246. The van der Waals surface area contributed by atoms with E-state index < -0.39 is 171 Å². The van der Waals surface area contributed by atoms with Gasteiger partial charge in [-0.1, -0.05) is 84.6 Å². The Kier molecular flexibility index (Phi) is 25.9. The van der Waals surface area contributed by atoms with Crippen LogP contribution in [-0.2, 0) is 76.0 Å². The lowest BCUT2D eigenvalue weighted by atomic mass is 9.95. The molecule has 0 aromatic rings. The van der Waals surface area contributed by atoms with Gasteiger partial charge in [-0.15, -0.1) is 0 Å². The van der Waals surface area contributed by atoms with E-state index in [2.05, 4.69) is 6.92 Å². The summed E-state index contributed by atoms with van der Waals surface area (Å²) < 4.78 is 74.2. The monoisotopic (exact) mass is 1110 g/mol. The maximum absolute atomic E-state index is 14.0. The fourth-order valence-electron chi connectivity index (χ4n) is 9.75. The zero-order valence-corrected chi connectivity index (χ0v) is 46.5. The highest BCUT2D eigenvalue weighted by molar-refractivity contribution is 5.87. The standard InChI is InChI=1S/C54H90O23/c1-11-13-19-22-33-23-20-17-15-14-16-18-21-24-35(56)72-46-43(75-51-41(62)40(61)42(31(9)68-51)73-49(64)27(5)12-2)32(10)69-54(47(46)74-48(63)26(3)4)77-45-39(60)37(58)34(25-66-50(65)28(6)29(7)55)71-53(45)76-44-38(59)36(57)30(8)67-52(44)70-33/h12,26,28-34,36-47,51-55,57-62H,11,13-25H2,1-10H3/b27-12+/t28-,29-,30-,31-,32+,33+,34-,36-,37-,38+,39+,40-,41-,42-,43+,44-,45-,46-,47-,51+,52+,53+,54+/m1/s1. The number of aliphatic hydroxyl groups excluding tert-OH is 7. The van der Waals surface area contributed by atoms with Gasteiger partial charge in [0, 0.05) is 12.0 Å². The van der Waals surface area contributed by atoms with Crippen molar-refractivity contribution in [2.45, 2.75) is 288 Å². The van der Waals surface area contributed by atoms with E-state index >= 15 is 0 Å². The predicted molar refractivity (Wildman–Crippen MR) is 269 cm³/mol. The molecule has 444 valence electrons. The minimum atomic E-state index is -2.02. The van der Waals surface area contributed by atoms with Crippen LogP contribution in [0.4, 0.5) is 0 Å². The zero-order valence-electron chi connectivity index (χ0n) is 46.5. The Bertz CT molecular complexity index is 1870. The first-order chi connectivity index (χ1) is 36.5. The summed E-state index contributed by atoms with van der Waals surface area (Å²) in [4.78, 5) is 53.5. The maximum atomic E-state index is 14.0. The van der Waals surface area contributed by atoms with Crippen LogP contribution in [-0.4, -0.2) is 201 Å². The van der Waals surface area contributed by atoms with Crippen LogP contribution in [0.1, 0.15) is 153 Å². The molecule has 0 saturated carbocycles. The first-order valence-electron chi connectivity index (χ1n) is 27.9. The van der Waals surface area contributed by atoms with Crippen LogP contribution in [0.3, 0.4) is 0 Å². The summed E-state index contributed by atoms with van der Waals surface area (Å²) in [5, 5.41) is 79.8. The Balaban J connectivity index is 1.58. The predicted octanol–water partition coefficient (Wildman–Crippen LogP) is 2.67. The molecule has 0 aliphatic carbocycles. The van der Waals surface area contributed by atoms with Gasteiger partial charge in [0.05, 0.1) is 42.4 Å². The van der Waals surface area contributed by atoms with Gasteiger partial charge < -0.3 is 92.6 Å². The van der Waals surface area contributed by atoms with E-state index in [1.807, 2.05) is 0 Å². The summed E-state index contributed by atoms with van der Waals surface area (Å²) in [6.45, 7) is 15.0. The van der Waals surface area contributed by atoms with Crippen molar-refractivity contribution in [3.05, 3.63) is 11.6 Å². The van der Waals surface area contributed by atoms with E-state index in [1.54, 1.807) is 27.7 Å². The molecule has 0 unspecified atom stereocenters. The Morgan fingerprint density at radius 2 is 1.23 bits per heavy atom. The molecule has 5 aliphatic rings. The van der Waals surface area contributed by atoms with Gasteiger partial charge in [0.2, 0.25) is 0 Å². The molecule has 5 rings (SSSR count). The molecular formula is C54H90O23. The molecule has 0 aromatic carbocycles. The molecular weight excluding hydrogens is 1020 g/mol. The van der Waals surface area contributed by atoms with Crippen molar-refractivity contribution in [2.75, 3.05) is 6.61 Å². The van der Waals surface area contributed by atoms with E-state index in [0.29, 0.717) is 25.7 Å². The first-order valence-corrected chi connectivity index (χ1v) is 27.9. The molecule has 5 saturated heterocycles. The molecule has 0 spiro atoms. The van der Waals surface area contributed by atoms with Gasteiger partial charge in [-0.25, -0.2) is 4.79 Å². The van der Waals surface area contributed by atoms with Crippen LogP contribution >= 0.6 is 0 Å². The van der Waals surface area contributed by atoms with Crippen LogP contribution in [0.2, 0.25) is 0 Å². The molecule has 23 heteroatoms. The number of aliphatic hydroxyl groups is 7. The highest BCUT2D eigenvalue weighted by Crippen LogP contribution is 2.38. The number of carbonyl (C=O) groups is 4. The van der Waals surface area contributed by atoms with Crippen LogP contribution < -0.4 is 0 Å². The highest BCUT2D eigenvalue weighted by atomic mass is 16.8. The third-order valence-corrected chi connectivity index (χ3v) is 15.1. The third kappa shape index (κ3) is 17.5. The Hall–Kier alpha value is -2.98. The molecule has 7 N–H and O–H groups in total. The quantitative estimate of drug-likeness (QED) is 0.0569. The van der Waals surface area contributed by atoms with Crippen LogP contribution in [0.15, 0.2) is 11.6 Å². The molecule has 0 radical (unpaired) electrons. The van der Waals surface area contributed by atoms with Gasteiger partial charge in [0.1, 0.15) is 67.6 Å². The van der Waals surface area contributed by atoms with Crippen molar-refractivity contribution in [3.63, 3.8) is 0 Å². The van der Waals surface area contributed by atoms with Crippen molar-refractivity contribution in [1.82, 2.24) is 0 Å². The van der Waals surface area contributed by atoms with Crippen LogP contribution in [0.5, 0.6) is 0 Å². The number of esters is 4. The molecule has 5 aliphatic heterocycles. The molecule has 2 bridgehead atoms. The maximum Gasteiger partial charge on any atom is 0.333 e. The fourth-order valence-corrected chi connectivity index (χ4v) is 9.75. The second-order valence-corrected chi connectivity index (χ2v) is 21.7. The molecule has 5 fully saturated rings. The molecule has 77 heavy (non-hydrogen) atoms. The Labute approximate surface area is 452 Å². The number of unbranched alkanes of at least 4 members (excludes halogenated alkanes) is 2. The second kappa shape index (κ2) is 30.7. The number of carbonyl (C=O) groups excluding carboxylic acids is 4. The molecule has 5 heterocycles. The number of hydrogen-bond donors (Lipinski definition) is 7. The highest BCUT2D eigenvalue weighted by Gasteiger charge is 2.58. The summed E-state index contributed by atoms with van der Waals surface area (Å²) >= 11 is 0. The lowest BCUT2D eigenvalue weighted by Gasteiger charge is -2.50. The van der Waals surface area contributed by atoms with Gasteiger partial charge in [0.25, 0.3) is 0 Å². The number of allylic oxidation sites excluding steroid dienone is 1. The van der Waals surface area contributed by atoms with Crippen molar-refractivity contribution >= 4 is 23.9 Å². The third-order valence-electron chi connectivity index (χ3n) is 15.1. The number of hydrogen-bond acceptors (Lipinski definition) is 23. The molecule has 23 nitrogen and oxygen atoms in total. The topological polar surface area (TPSA) is 321 Å². The summed E-state index contributed by atoms with van der Waals surface area (Å²) in [6.07, 6.45) is -22.5. The summed E-state index contributed by atoms with van der Waals surface area (Å²) in [7, 11) is 0. The number of ether oxygens (including phenoxy) is 12. The average molecular weight is 1110 g/mol. The number of rotatable bonds is 14. The van der Waals surface area contributed by atoms with Crippen LogP contribution in [0, 0.1) is 11.8 Å². The zero-order chi connectivity index (χ0) is 56.8. The second-order valence-electron chi connectivity index (χ2n) is 21.7. The van der Waals surface area contributed by atoms with Gasteiger partial charge in [-0.2, -0.15) is 0 Å². The van der Waals surface area contributed by atoms with Crippen molar-refractivity contribution in [3.8, 4) is 0 Å². The van der Waals surface area contributed by atoms with Gasteiger partial charge in [0.15, 0.2) is 43.5 Å². The lowest BCUT2D eigenvalue weighted by Crippen LogP contribution is -2.68. The van der Waals surface area contributed by atoms with E-state index in [4.69, 9.17) is 56.8 Å². The van der Waals surface area contributed by atoms with Crippen molar-refractivity contribution in [2.24, 2.45) is 11.8 Å². The Morgan fingerprint density at radius 3 is 1.87 bits per heavy atom. The largest absolute Gasteiger partial charge is 0.463 e. The molecule has 0 amide bonds. The molecule has 0 aromatic heterocycles. The summed E-state index contributed by atoms with van der Waals surface area (Å²) in [6, 6.07) is 0. The fraction of sp³-hybridized carbons (Fsp3) is 0.889. The van der Waals surface area contributed by atoms with Gasteiger partial charge in [-0.05, 0) is 67.7 Å². The van der Waals surface area contributed by atoms with Crippen molar-refractivity contribution < 1.29 is 112 Å². The minimum absolute atomic E-state index is 0.0702. The first kappa shape index (κ1) is 64.8. The van der Waals surface area contributed by atoms with Gasteiger partial charge >= 0.3 is 23.9 Å². The summed E-state index contributed by atoms with van der Waals surface area (Å²) in [5.74, 6) is -4.95. The minimum Gasteiger partial charge on any atom is -0.463 e. The number of fused-ring (bicyclic) bond motifs is 4. The van der Waals surface area contributed by atoms with E-state index in [-0.39, 0.29) is 18.1 Å². The van der Waals surface area contributed by atoms with Crippen molar-refractivity contribution in [1.29, 1.82) is 0 Å². The Morgan fingerprint density at radius 1 is 0.636 bits per heavy atom. The van der Waals surface area contributed by atoms with E-state index in [9.17, 15) is 54.9 Å².